The van der Waals surface area contributed by atoms with Crippen LogP contribution in [0.1, 0.15) is 17.8 Å². The third-order valence-electron chi connectivity index (χ3n) is 1.65. The molecule has 1 heterocycles. The van der Waals surface area contributed by atoms with Crippen molar-refractivity contribution < 1.29 is 0 Å². The standard InChI is InChI=1S/C8H13N3O/c1-6-10-5-7(3-2-4-9)8(12)11-6/h5H,2-4,9H2,1H3,(H,10,11,12). The van der Waals surface area contributed by atoms with Crippen LogP contribution in [0.2, 0.25) is 0 Å². The summed E-state index contributed by atoms with van der Waals surface area (Å²) in [7, 11) is 0. The largest absolute Gasteiger partial charge is 0.330 e. The van der Waals surface area contributed by atoms with E-state index >= 15 is 0 Å². The highest BCUT2D eigenvalue weighted by Gasteiger charge is 1.98. The maximum atomic E-state index is 11.2. The van der Waals surface area contributed by atoms with E-state index in [1.165, 1.54) is 0 Å². The number of aryl methyl sites for hydroxylation is 2. The molecule has 1 aromatic heterocycles. The van der Waals surface area contributed by atoms with Crippen LogP contribution in [0.3, 0.4) is 0 Å². The molecule has 0 aliphatic rings. The summed E-state index contributed by atoms with van der Waals surface area (Å²) in [5.41, 5.74) is 5.99. The Kier molecular flexibility index (Phi) is 2.99. The molecule has 3 N–H and O–H groups in total. The molecule has 0 fully saturated rings. The lowest BCUT2D eigenvalue weighted by atomic mass is 10.2. The highest BCUT2D eigenvalue weighted by atomic mass is 16.1. The van der Waals surface area contributed by atoms with Crippen LogP contribution in [0.4, 0.5) is 0 Å². The van der Waals surface area contributed by atoms with Crippen LogP contribution >= 0.6 is 0 Å². The van der Waals surface area contributed by atoms with Crippen molar-refractivity contribution in [3.63, 3.8) is 0 Å². The van der Waals surface area contributed by atoms with Crippen LogP contribution in [0.5, 0.6) is 0 Å². The Morgan fingerprint density at radius 2 is 2.42 bits per heavy atom. The van der Waals surface area contributed by atoms with Crippen LogP contribution in [0.25, 0.3) is 0 Å². The maximum Gasteiger partial charge on any atom is 0.254 e. The van der Waals surface area contributed by atoms with Gasteiger partial charge in [-0.1, -0.05) is 0 Å². The van der Waals surface area contributed by atoms with Crippen molar-refractivity contribution in [2.45, 2.75) is 19.8 Å². The number of hydrogen-bond acceptors (Lipinski definition) is 3. The van der Waals surface area contributed by atoms with E-state index in [4.69, 9.17) is 5.73 Å². The molecule has 0 saturated heterocycles. The zero-order valence-corrected chi connectivity index (χ0v) is 7.13. The van der Waals surface area contributed by atoms with E-state index < -0.39 is 0 Å². The van der Waals surface area contributed by atoms with Gasteiger partial charge < -0.3 is 10.7 Å². The average molecular weight is 167 g/mol. The zero-order valence-electron chi connectivity index (χ0n) is 7.13. The number of nitrogens with one attached hydrogen (secondary N) is 1. The lowest BCUT2D eigenvalue weighted by molar-refractivity contribution is 0.809. The SMILES string of the molecule is Cc1ncc(CCCN)c(=O)[nH]1. The van der Waals surface area contributed by atoms with E-state index in [-0.39, 0.29) is 5.56 Å². The molecule has 0 radical (unpaired) electrons. The van der Waals surface area contributed by atoms with Gasteiger partial charge in [0.1, 0.15) is 5.82 Å². The van der Waals surface area contributed by atoms with E-state index in [0.717, 1.165) is 6.42 Å². The molecular formula is C8H13N3O. The van der Waals surface area contributed by atoms with Gasteiger partial charge in [0, 0.05) is 11.8 Å². The second-order valence-corrected chi connectivity index (χ2v) is 2.72. The Hall–Kier alpha value is -1.16. The average Bonchev–Trinajstić information content (AvgIpc) is 2.03. The molecule has 0 amide bonds. The fourth-order valence-corrected chi connectivity index (χ4v) is 0.981. The minimum Gasteiger partial charge on any atom is -0.330 e. The third kappa shape index (κ3) is 2.17. The number of nitrogens with two attached hydrogens (primary N) is 1. The zero-order chi connectivity index (χ0) is 8.97. The van der Waals surface area contributed by atoms with E-state index in [9.17, 15) is 4.79 Å². The smallest absolute Gasteiger partial charge is 0.254 e. The van der Waals surface area contributed by atoms with Gasteiger partial charge in [0.15, 0.2) is 0 Å². The van der Waals surface area contributed by atoms with Gasteiger partial charge in [0.2, 0.25) is 0 Å². The van der Waals surface area contributed by atoms with Crippen molar-refractivity contribution in [3.05, 3.63) is 27.9 Å². The number of rotatable bonds is 3. The number of aromatic amines is 1. The first-order valence-electron chi connectivity index (χ1n) is 3.99. The van der Waals surface area contributed by atoms with Crippen molar-refractivity contribution in [2.24, 2.45) is 5.73 Å². The minimum atomic E-state index is -0.0454. The number of H-pyrrole nitrogens is 1. The molecule has 4 nitrogen and oxygen atoms in total. The topological polar surface area (TPSA) is 71.8 Å². The maximum absolute atomic E-state index is 11.2. The molecule has 0 spiro atoms. The van der Waals surface area contributed by atoms with E-state index in [2.05, 4.69) is 9.97 Å². The molecule has 1 rings (SSSR count). The van der Waals surface area contributed by atoms with Gasteiger partial charge in [-0.05, 0) is 26.3 Å². The lowest BCUT2D eigenvalue weighted by Gasteiger charge is -1.97. The van der Waals surface area contributed by atoms with Gasteiger partial charge in [-0.25, -0.2) is 4.98 Å². The predicted molar refractivity (Wildman–Crippen MR) is 47.0 cm³/mol. The van der Waals surface area contributed by atoms with Crippen molar-refractivity contribution in [2.75, 3.05) is 6.54 Å². The van der Waals surface area contributed by atoms with Crippen LogP contribution < -0.4 is 11.3 Å². The Morgan fingerprint density at radius 1 is 1.67 bits per heavy atom. The number of aromatic nitrogens is 2. The summed E-state index contributed by atoms with van der Waals surface area (Å²) in [6.07, 6.45) is 3.15. The summed E-state index contributed by atoms with van der Waals surface area (Å²) in [4.78, 5) is 17.8. The molecule has 0 atom stereocenters. The van der Waals surface area contributed by atoms with Gasteiger partial charge >= 0.3 is 0 Å². The van der Waals surface area contributed by atoms with Gasteiger partial charge in [0.05, 0.1) is 0 Å². The second-order valence-electron chi connectivity index (χ2n) is 2.72. The first-order valence-corrected chi connectivity index (χ1v) is 3.99. The summed E-state index contributed by atoms with van der Waals surface area (Å²) in [6.45, 7) is 2.36. The van der Waals surface area contributed by atoms with Crippen LogP contribution in [-0.4, -0.2) is 16.5 Å². The number of hydrogen-bond donors (Lipinski definition) is 2. The molecule has 0 bridgehead atoms. The normalized spacial score (nSPS) is 10.2. The molecule has 0 aliphatic heterocycles. The fraction of sp³-hybridized carbons (Fsp3) is 0.500. The van der Waals surface area contributed by atoms with Gasteiger partial charge in [0.25, 0.3) is 5.56 Å². The second kappa shape index (κ2) is 4.01. The molecule has 4 heteroatoms. The molecule has 0 aliphatic carbocycles. The van der Waals surface area contributed by atoms with Crippen molar-refractivity contribution in [1.29, 1.82) is 0 Å². The third-order valence-corrected chi connectivity index (χ3v) is 1.65. The van der Waals surface area contributed by atoms with Crippen molar-refractivity contribution >= 4 is 0 Å². The highest BCUT2D eigenvalue weighted by Crippen LogP contribution is 1.92. The molecule has 0 unspecified atom stereocenters. The van der Waals surface area contributed by atoms with Gasteiger partial charge in [-0.3, -0.25) is 4.79 Å². The Balaban J connectivity index is 2.80. The molecule has 12 heavy (non-hydrogen) atoms. The van der Waals surface area contributed by atoms with Crippen LogP contribution in [-0.2, 0) is 6.42 Å². The monoisotopic (exact) mass is 167 g/mol. The van der Waals surface area contributed by atoms with Crippen LogP contribution in [0, 0.1) is 6.92 Å². The summed E-state index contributed by atoms with van der Waals surface area (Å²) in [6, 6.07) is 0. The molecular weight excluding hydrogens is 154 g/mol. The van der Waals surface area contributed by atoms with Crippen LogP contribution in [0.15, 0.2) is 11.0 Å². The highest BCUT2D eigenvalue weighted by molar-refractivity contribution is 5.05. The predicted octanol–water partition coefficient (Wildman–Crippen LogP) is -0.0304. The van der Waals surface area contributed by atoms with Gasteiger partial charge in [-0.2, -0.15) is 0 Å². The Labute approximate surface area is 70.8 Å². The van der Waals surface area contributed by atoms with Gasteiger partial charge in [-0.15, -0.1) is 0 Å². The summed E-state index contributed by atoms with van der Waals surface area (Å²) in [5.74, 6) is 0.650. The summed E-state index contributed by atoms with van der Waals surface area (Å²) < 4.78 is 0. The lowest BCUT2D eigenvalue weighted by Crippen LogP contribution is -2.15. The Morgan fingerprint density at radius 3 is 3.00 bits per heavy atom. The van der Waals surface area contributed by atoms with E-state index in [0.29, 0.717) is 24.4 Å². The van der Waals surface area contributed by atoms with E-state index in [1.807, 2.05) is 0 Å². The summed E-state index contributed by atoms with van der Waals surface area (Å²) >= 11 is 0. The van der Waals surface area contributed by atoms with Crippen molar-refractivity contribution in [1.82, 2.24) is 9.97 Å². The number of nitrogens with zero attached hydrogens (tertiary/aromatic N) is 1. The first kappa shape index (κ1) is 8.93. The minimum absolute atomic E-state index is 0.0454. The first-order chi connectivity index (χ1) is 5.74. The van der Waals surface area contributed by atoms with E-state index in [1.54, 1.807) is 13.1 Å². The molecule has 0 aromatic carbocycles. The quantitative estimate of drug-likeness (QED) is 0.664. The summed E-state index contributed by atoms with van der Waals surface area (Å²) in [5, 5.41) is 0. The fourth-order valence-electron chi connectivity index (χ4n) is 0.981. The molecule has 1 aromatic rings. The Bertz CT molecular complexity index is 305. The molecule has 0 saturated carbocycles. The van der Waals surface area contributed by atoms with Crippen molar-refractivity contribution in [3.8, 4) is 0 Å². The molecule has 66 valence electrons.